The summed E-state index contributed by atoms with van der Waals surface area (Å²) in [6.45, 7) is 2.59. The van der Waals surface area contributed by atoms with Gasteiger partial charge in [-0.1, -0.05) is 0 Å². The lowest BCUT2D eigenvalue weighted by atomic mass is 9.93. The van der Waals surface area contributed by atoms with Crippen molar-refractivity contribution in [3.05, 3.63) is 21.9 Å². The molecular formula is C12H18ClNS2. The predicted octanol–water partition coefficient (Wildman–Crippen LogP) is 3.60. The summed E-state index contributed by atoms with van der Waals surface area (Å²) in [6.07, 6.45) is 4.10. The average molecular weight is 276 g/mol. The number of fused-ring (bicyclic) bond motifs is 1. The predicted molar refractivity (Wildman–Crippen MR) is 76.1 cm³/mol. The first kappa shape index (κ1) is 12.7. The third-order valence-electron chi connectivity index (χ3n) is 3.51. The summed E-state index contributed by atoms with van der Waals surface area (Å²) in [4.78, 5) is 4.37. The normalized spacial score (nSPS) is 25.9. The van der Waals surface area contributed by atoms with E-state index in [1.165, 1.54) is 43.9 Å². The molecule has 90 valence electrons. The van der Waals surface area contributed by atoms with Crippen molar-refractivity contribution in [3.8, 4) is 0 Å². The highest BCUT2D eigenvalue weighted by Gasteiger charge is 2.27. The Morgan fingerprint density at radius 2 is 2.06 bits per heavy atom. The molecule has 1 aliphatic heterocycles. The lowest BCUT2D eigenvalue weighted by molar-refractivity contribution is 0.198. The van der Waals surface area contributed by atoms with E-state index in [9.17, 15) is 0 Å². The standard InChI is InChI=1S/C12H17NS2.ClH/c1-2-11(13-5-8-14-9-6-13)10-4-7-15-12(10)3-1;/h4,7,11H,1-3,5-6,8-9H2;1H. The lowest BCUT2D eigenvalue weighted by Gasteiger charge is -2.36. The van der Waals surface area contributed by atoms with E-state index in [2.05, 4.69) is 28.1 Å². The summed E-state index contributed by atoms with van der Waals surface area (Å²) >= 11 is 4.07. The van der Waals surface area contributed by atoms with Crippen molar-refractivity contribution in [3.63, 3.8) is 0 Å². The molecule has 0 saturated carbocycles. The summed E-state index contributed by atoms with van der Waals surface area (Å²) in [5.41, 5.74) is 1.65. The molecule has 1 saturated heterocycles. The van der Waals surface area contributed by atoms with E-state index in [-0.39, 0.29) is 12.4 Å². The first-order chi connectivity index (χ1) is 7.45. The summed E-state index contributed by atoms with van der Waals surface area (Å²) in [5.74, 6) is 2.66. The molecule has 1 unspecified atom stereocenters. The quantitative estimate of drug-likeness (QED) is 0.771. The monoisotopic (exact) mass is 275 g/mol. The fraction of sp³-hybridized carbons (Fsp3) is 0.667. The van der Waals surface area contributed by atoms with Gasteiger partial charge in [-0.2, -0.15) is 11.8 Å². The summed E-state index contributed by atoms with van der Waals surface area (Å²) in [7, 11) is 0. The molecule has 4 heteroatoms. The Balaban J connectivity index is 0.000000963. The SMILES string of the molecule is Cl.c1cc2c(s1)CCCC2N1CCSCC1. The van der Waals surface area contributed by atoms with Crippen LogP contribution in [0.5, 0.6) is 0 Å². The summed E-state index contributed by atoms with van der Waals surface area (Å²) in [5, 5.41) is 2.28. The van der Waals surface area contributed by atoms with Crippen molar-refractivity contribution in [1.29, 1.82) is 0 Å². The minimum Gasteiger partial charge on any atom is -0.295 e. The largest absolute Gasteiger partial charge is 0.295 e. The Morgan fingerprint density at radius 1 is 1.25 bits per heavy atom. The number of rotatable bonds is 1. The van der Waals surface area contributed by atoms with Gasteiger partial charge in [-0.15, -0.1) is 23.7 Å². The second-order valence-corrected chi connectivity index (χ2v) is 6.58. The van der Waals surface area contributed by atoms with Crippen LogP contribution in [0.4, 0.5) is 0 Å². The number of halogens is 1. The lowest BCUT2D eigenvalue weighted by Crippen LogP contribution is -2.37. The smallest absolute Gasteiger partial charge is 0.0359 e. The first-order valence-corrected chi connectivity index (χ1v) is 7.86. The van der Waals surface area contributed by atoms with Crippen LogP contribution in [0.3, 0.4) is 0 Å². The number of hydrogen-bond acceptors (Lipinski definition) is 3. The van der Waals surface area contributed by atoms with Crippen LogP contribution in [0.15, 0.2) is 11.4 Å². The molecule has 3 rings (SSSR count). The zero-order chi connectivity index (χ0) is 10.1. The van der Waals surface area contributed by atoms with Crippen LogP contribution in [0, 0.1) is 0 Å². The highest BCUT2D eigenvalue weighted by atomic mass is 35.5. The van der Waals surface area contributed by atoms with Crippen LogP contribution in [0.25, 0.3) is 0 Å². The van der Waals surface area contributed by atoms with Crippen molar-refractivity contribution in [2.24, 2.45) is 0 Å². The second-order valence-electron chi connectivity index (χ2n) is 4.36. The minimum atomic E-state index is 0. The van der Waals surface area contributed by atoms with Gasteiger partial charge in [0.15, 0.2) is 0 Å². The van der Waals surface area contributed by atoms with E-state index in [0.717, 1.165) is 6.04 Å². The molecule has 0 amide bonds. The average Bonchev–Trinajstić information content (AvgIpc) is 2.78. The van der Waals surface area contributed by atoms with Crippen molar-refractivity contribution in [2.45, 2.75) is 25.3 Å². The molecule has 0 radical (unpaired) electrons. The topological polar surface area (TPSA) is 3.24 Å². The van der Waals surface area contributed by atoms with Crippen molar-refractivity contribution in [1.82, 2.24) is 4.90 Å². The Morgan fingerprint density at radius 3 is 2.88 bits per heavy atom. The molecule has 0 spiro atoms. The van der Waals surface area contributed by atoms with Crippen LogP contribution < -0.4 is 0 Å². The molecular weight excluding hydrogens is 258 g/mol. The third kappa shape index (κ3) is 2.42. The third-order valence-corrected chi connectivity index (χ3v) is 5.45. The maximum absolute atomic E-state index is 2.71. The molecule has 1 aliphatic carbocycles. The van der Waals surface area contributed by atoms with E-state index in [0.29, 0.717) is 0 Å². The molecule has 0 bridgehead atoms. The number of thioether (sulfide) groups is 1. The van der Waals surface area contributed by atoms with Crippen molar-refractivity contribution >= 4 is 35.5 Å². The highest BCUT2D eigenvalue weighted by Crippen LogP contribution is 2.37. The van der Waals surface area contributed by atoms with Crippen LogP contribution in [-0.4, -0.2) is 29.5 Å². The maximum atomic E-state index is 2.71. The van der Waals surface area contributed by atoms with Gasteiger partial charge in [0.1, 0.15) is 0 Å². The van der Waals surface area contributed by atoms with Crippen molar-refractivity contribution < 1.29 is 0 Å². The molecule has 1 aromatic heterocycles. The van der Waals surface area contributed by atoms with Gasteiger partial charge >= 0.3 is 0 Å². The minimum absolute atomic E-state index is 0. The maximum Gasteiger partial charge on any atom is 0.0359 e. The van der Waals surface area contributed by atoms with Crippen molar-refractivity contribution in [2.75, 3.05) is 24.6 Å². The summed E-state index contributed by atoms with van der Waals surface area (Å²) < 4.78 is 0. The van der Waals surface area contributed by atoms with Crippen LogP contribution in [0.1, 0.15) is 29.3 Å². The molecule has 2 aliphatic rings. The van der Waals surface area contributed by atoms with Gasteiger partial charge in [0.2, 0.25) is 0 Å². The molecule has 1 fully saturated rings. The van der Waals surface area contributed by atoms with Gasteiger partial charge in [0.05, 0.1) is 0 Å². The van der Waals surface area contributed by atoms with Gasteiger partial charge in [-0.25, -0.2) is 0 Å². The van der Waals surface area contributed by atoms with Gasteiger partial charge in [0, 0.05) is 35.5 Å². The van der Waals surface area contributed by atoms with Crippen LogP contribution in [-0.2, 0) is 6.42 Å². The molecule has 16 heavy (non-hydrogen) atoms. The molecule has 2 heterocycles. The van der Waals surface area contributed by atoms with E-state index >= 15 is 0 Å². The van der Waals surface area contributed by atoms with Gasteiger partial charge in [-0.3, -0.25) is 4.90 Å². The zero-order valence-electron chi connectivity index (χ0n) is 9.35. The number of thiophene rings is 1. The Kier molecular flexibility index (Phi) is 4.59. The number of nitrogens with zero attached hydrogens (tertiary/aromatic N) is 1. The highest BCUT2D eigenvalue weighted by molar-refractivity contribution is 7.99. The van der Waals surface area contributed by atoms with E-state index in [1.807, 2.05) is 11.3 Å². The van der Waals surface area contributed by atoms with Gasteiger partial charge in [0.25, 0.3) is 0 Å². The van der Waals surface area contributed by atoms with E-state index < -0.39 is 0 Å². The van der Waals surface area contributed by atoms with Gasteiger partial charge < -0.3 is 0 Å². The fourth-order valence-electron chi connectivity index (χ4n) is 2.73. The molecule has 0 aromatic carbocycles. The zero-order valence-corrected chi connectivity index (χ0v) is 11.8. The molecule has 0 N–H and O–H groups in total. The van der Waals surface area contributed by atoms with E-state index in [4.69, 9.17) is 0 Å². The molecule has 1 atom stereocenters. The molecule has 1 nitrogen and oxygen atoms in total. The Labute approximate surface area is 112 Å². The first-order valence-electron chi connectivity index (χ1n) is 5.83. The second kappa shape index (κ2) is 5.76. The number of hydrogen-bond donors (Lipinski definition) is 0. The Hall–Kier alpha value is 0.300. The Bertz CT molecular complexity index is 334. The van der Waals surface area contributed by atoms with E-state index in [1.54, 1.807) is 10.4 Å². The molecule has 1 aromatic rings. The van der Waals surface area contributed by atoms with Crippen LogP contribution >= 0.6 is 35.5 Å². The number of aryl methyl sites for hydroxylation is 1. The van der Waals surface area contributed by atoms with Crippen LogP contribution in [0.2, 0.25) is 0 Å². The fourth-order valence-corrected chi connectivity index (χ4v) is 4.64. The van der Waals surface area contributed by atoms with Gasteiger partial charge in [-0.05, 0) is 36.3 Å². The summed E-state index contributed by atoms with van der Waals surface area (Å²) in [6, 6.07) is 3.12.